The van der Waals surface area contributed by atoms with Gasteiger partial charge in [0.15, 0.2) is 0 Å². The maximum atomic E-state index is 11.2. The van der Waals surface area contributed by atoms with Crippen LogP contribution in [0.4, 0.5) is 10.6 Å². The molecule has 1 saturated heterocycles. The summed E-state index contributed by atoms with van der Waals surface area (Å²) in [5.41, 5.74) is 3.33. The third kappa shape index (κ3) is 2.70. The standard InChI is InChI=1S/C17H21N5O2/c23-17(24)22-7-3-6-12(9-22)21-16-14-13(11-4-1-2-5-11)8-18-15(14)19-10-20-16/h4,8,10,12H,1-3,5-7,9H2,(H,23,24)(H2,18,19,20,21)/t12-/m1/s1. The number of nitrogens with zero attached hydrogens (tertiary/aromatic N) is 3. The van der Waals surface area contributed by atoms with E-state index in [0.717, 1.165) is 48.1 Å². The fraction of sp³-hybridized carbons (Fsp3) is 0.471. The molecule has 1 amide bonds. The lowest BCUT2D eigenvalue weighted by Crippen LogP contribution is -2.44. The quantitative estimate of drug-likeness (QED) is 0.805. The van der Waals surface area contributed by atoms with Gasteiger partial charge in [0.1, 0.15) is 17.8 Å². The molecular weight excluding hydrogens is 306 g/mol. The normalized spacial score (nSPS) is 21.1. The summed E-state index contributed by atoms with van der Waals surface area (Å²) in [4.78, 5) is 24.7. The van der Waals surface area contributed by atoms with Gasteiger partial charge in [0.2, 0.25) is 0 Å². The first-order valence-electron chi connectivity index (χ1n) is 8.48. The Hall–Kier alpha value is -2.57. The number of piperidine rings is 1. The number of fused-ring (bicyclic) bond motifs is 1. The van der Waals surface area contributed by atoms with Gasteiger partial charge in [0, 0.05) is 30.9 Å². The molecule has 0 aromatic carbocycles. The highest BCUT2D eigenvalue weighted by atomic mass is 16.4. The second kappa shape index (κ2) is 6.14. The Morgan fingerprint density at radius 1 is 1.38 bits per heavy atom. The topological polar surface area (TPSA) is 94.1 Å². The van der Waals surface area contributed by atoms with Crippen molar-refractivity contribution in [2.24, 2.45) is 0 Å². The molecule has 7 nitrogen and oxygen atoms in total. The zero-order chi connectivity index (χ0) is 16.5. The molecule has 3 heterocycles. The Labute approximate surface area is 139 Å². The molecule has 126 valence electrons. The van der Waals surface area contributed by atoms with E-state index in [9.17, 15) is 9.90 Å². The number of amides is 1. The average Bonchev–Trinajstić information content (AvgIpc) is 3.24. The number of allylic oxidation sites excluding steroid dienone is 2. The predicted octanol–water partition coefficient (Wildman–Crippen LogP) is 3.08. The highest BCUT2D eigenvalue weighted by Crippen LogP contribution is 2.35. The van der Waals surface area contributed by atoms with Crippen molar-refractivity contribution in [3.63, 3.8) is 0 Å². The third-order valence-electron chi connectivity index (χ3n) is 4.89. The first kappa shape index (κ1) is 15.0. The van der Waals surface area contributed by atoms with E-state index >= 15 is 0 Å². The molecule has 0 radical (unpaired) electrons. The lowest BCUT2D eigenvalue weighted by atomic mass is 10.0. The zero-order valence-corrected chi connectivity index (χ0v) is 13.5. The summed E-state index contributed by atoms with van der Waals surface area (Å²) >= 11 is 0. The van der Waals surface area contributed by atoms with Crippen molar-refractivity contribution in [1.82, 2.24) is 19.9 Å². The first-order chi connectivity index (χ1) is 11.7. The second-order valence-electron chi connectivity index (χ2n) is 6.48. The van der Waals surface area contributed by atoms with Crippen LogP contribution in [0.5, 0.6) is 0 Å². The Balaban J connectivity index is 1.64. The minimum Gasteiger partial charge on any atom is -0.465 e. The van der Waals surface area contributed by atoms with E-state index in [0.29, 0.717) is 13.1 Å². The molecule has 1 atom stereocenters. The molecular formula is C17H21N5O2. The molecule has 1 fully saturated rings. The summed E-state index contributed by atoms with van der Waals surface area (Å²) in [7, 11) is 0. The average molecular weight is 327 g/mol. The molecule has 1 aliphatic carbocycles. The van der Waals surface area contributed by atoms with Crippen LogP contribution in [0, 0.1) is 0 Å². The Bertz CT molecular complexity index is 797. The number of carbonyl (C=O) groups is 1. The van der Waals surface area contributed by atoms with Crippen LogP contribution in [0.3, 0.4) is 0 Å². The van der Waals surface area contributed by atoms with Crippen molar-refractivity contribution in [3.05, 3.63) is 24.2 Å². The van der Waals surface area contributed by atoms with Gasteiger partial charge < -0.3 is 20.3 Å². The largest absolute Gasteiger partial charge is 0.465 e. The Morgan fingerprint density at radius 3 is 3.08 bits per heavy atom. The number of anilines is 1. The highest BCUT2D eigenvalue weighted by molar-refractivity contribution is 5.98. The van der Waals surface area contributed by atoms with E-state index in [2.05, 4.69) is 26.3 Å². The smallest absolute Gasteiger partial charge is 0.407 e. The summed E-state index contributed by atoms with van der Waals surface area (Å²) in [6, 6.07) is 0.0771. The number of carboxylic acid groups (broad SMARTS) is 1. The lowest BCUT2D eigenvalue weighted by molar-refractivity contribution is 0.133. The number of hydrogen-bond donors (Lipinski definition) is 3. The fourth-order valence-corrected chi connectivity index (χ4v) is 3.70. The molecule has 0 unspecified atom stereocenters. The van der Waals surface area contributed by atoms with Gasteiger partial charge in [-0.05, 0) is 37.7 Å². The van der Waals surface area contributed by atoms with Crippen molar-refractivity contribution >= 4 is 28.5 Å². The lowest BCUT2D eigenvalue weighted by Gasteiger charge is -2.31. The molecule has 0 bridgehead atoms. The van der Waals surface area contributed by atoms with Crippen molar-refractivity contribution < 1.29 is 9.90 Å². The van der Waals surface area contributed by atoms with Gasteiger partial charge in [-0.3, -0.25) is 0 Å². The third-order valence-corrected chi connectivity index (χ3v) is 4.89. The highest BCUT2D eigenvalue weighted by Gasteiger charge is 2.25. The van der Waals surface area contributed by atoms with Gasteiger partial charge >= 0.3 is 6.09 Å². The molecule has 4 rings (SSSR count). The van der Waals surface area contributed by atoms with Gasteiger partial charge in [-0.15, -0.1) is 0 Å². The summed E-state index contributed by atoms with van der Waals surface area (Å²) in [5, 5.41) is 13.7. The molecule has 0 saturated carbocycles. The van der Waals surface area contributed by atoms with E-state index in [-0.39, 0.29) is 6.04 Å². The number of aromatic nitrogens is 3. The Morgan fingerprint density at radius 2 is 2.29 bits per heavy atom. The Kier molecular flexibility index (Phi) is 3.84. The molecule has 7 heteroatoms. The number of hydrogen-bond acceptors (Lipinski definition) is 4. The molecule has 2 aromatic heterocycles. The summed E-state index contributed by atoms with van der Waals surface area (Å²) in [6.07, 6.45) is 10.2. The molecule has 3 N–H and O–H groups in total. The van der Waals surface area contributed by atoms with E-state index in [1.54, 1.807) is 6.33 Å². The first-order valence-corrected chi connectivity index (χ1v) is 8.48. The van der Waals surface area contributed by atoms with Gasteiger partial charge in [0.05, 0.1) is 5.39 Å². The van der Waals surface area contributed by atoms with Crippen LogP contribution in [0.1, 0.15) is 37.7 Å². The maximum Gasteiger partial charge on any atom is 0.407 e. The molecule has 1 aliphatic heterocycles. The monoisotopic (exact) mass is 327 g/mol. The van der Waals surface area contributed by atoms with Crippen molar-refractivity contribution in [1.29, 1.82) is 0 Å². The fourth-order valence-electron chi connectivity index (χ4n) is 3.70. The molecule has 0 spiro atoms. The minimum absolute atomic E-state index is 0.0771. The molecule has 24 heavy (non-hydrogen) atoms. The van der Waals surface area contributed by atoms with Gasteiger partial charge in [0.25, 0.3) is 0 Å². The zero-order valence-electron chi connectivity index (χ0n) is 13.5. The number of aromatic amines is 1. The van der Waals surface area contributed by atoms with Crippen molar-refractivity contribution in [3.8, 4) is 0 Å². The van der Waals surface area contributed by atoms with E-state index in [4.69, 9.17) is 0 Å². The van der Waals surface area contributed by atoms with Crippen molar-refractivity contribution in [2.45, 2.75) is 38.1 Å². The van der Waals surface area contributed by atoms with Gasteiger partial charge in [-0.25, -0.2) is 14.8 Å². The SMILES string of the molecule is O=C(O)N1CCC[C@@H](Nc2ncnc3[nH]cc(C4=CCCC4)c23)C1. The molecule has 2 aliphatic rings. The van der Waals surface area contributed by atoms with Crippen LogP contribution >= 0.6 is 0 Å². The predicted molar refractivity (Wildman–Crippen MR) is 92.0 cm³/mol. The van der Waals surface area contributed by atoms with E-state index in [1.807, 2.05) is 6.20 Å². The summed E-state index contributed by atoms with van der Waals surface area (Å²) < 4.78 is 0. The van der Waals surface area contributed by atoms with Crippen LogP contribution in [-0.4, -0.2) is 50.2 Å². The number of nitrogens with one attached hydrogen (secondary N) is 2. The van der Waals surface area contributed by atoms with Crippen molar-refractivity contribution in [2.75, 3.05) is 18.4 Å². The maximum absolute atomic E-state index is 11.2. The summed E-state index contributed by atoms with van der Waals surface area (Å²) in [5.74, 6) is 0.793. The van der Waals surface area contributed by atoms with E-state index < -0.39 is 6.09 Å². The number of likely N-dealkylation sites (tertiary alicyclic amines) is 1. The van der Waals surface area contributed by atoms with Crippen LogP contribution in [0.2, 0.25) is 0 Å². The van der Waals surface area contributed by atoms with Gasteiger partial charge in [-0.2, -0.15) is 0 Å². The molecule has 2 aromatic rings. The van der Waals surface area contributed by atoms with E-state index in [1.165, 1.54) is 16.9 Å². The van der Waals surface area contributed by atoms with Gasteiger partial charge in [-0.1, -0.05) is 6.08 Å². The summed E-state index contributed by atoms with van der Waals surface area (Å²) in [6.45, 7) is 1.10. The van der Waals surface area contributed by atoms with Crippen LogP contribution < -0.4 is 5.32 Å². The number of H-pyrrole nitrogens is 1. The van der Waals surface area contributed by atoms with Crippen LogP contribution in [-0.2, 0) is 0 Å². The number of rotatable bonds is 3. The van der Waals surface area contributed by atoms with Crippen LogP contribution in [0.15, 0.2) is 18.6 Å². The van der Waals surface area contributed by atoms with Crippen LogP contribution in [0.25, 0.3) is 16.6 Å². The minimum atomic E-state index is -0.854. The second-order valence-corrected chi connectivity index (χ2v) is 6.48.